The molecule has 13 heteroatoms. The summed E-state index contributed by atoms with van der Waals surface area (Å²) in [4.78, 5) is 11.9. The number of carbonyl (C=O) groups excluding carboxylic acids is 1. The lowest BCUT2D eigenvalue weighted by molar-refractivity contribution is -0.145. The molecule has 0 aliphatic rings. The smallest absolute Gasteiger partial charge is 0.305 e. The van der Waals surface area contributed by atoms with Gasteiger partial charge in [0.2, 0.25) is 0 Å². The maximum atomic E-state index is 11.9. The maximum Gasteiger partial charge on any atom is 0.305 e. The number of unbranched alkanes of at least 4 members (excludes halogenated alkanes) is 12. The van der Waals surface area contributed by atoms with Gasteiger partial charge in [0.05, 0.1) is 145 Å². The first kappa shape index (κ1) is 52.8. The zero-order valence-electron chi connectivity index (χ0n) is 34.3. The van der Waals surface area contributed by atoms with E-state index < -0.39 is 0 Å². The second-order valence-electron chi connectivity index (χ2n) is 12.7. The Kier molecular flexibility index (Phi) is 48.7. The second-order valence-corrected chi connectivity index (χ2v) is 12.7. The van der Waals surface area contributed by atoms with Crippen LogP contribution >= 0.6 is 0 Å². The van der Waals surface area contributed by atoms with Crippen molar-refractivity contribution < 1.29 is 61.6 Å². The lowest BCUT2D eigenvalue weighted by Gasteiger charge is -2.09. The number of ether oxygens (including phenoxy) is 12. The molecule has 0 aromatic heterocycles. The Labute approximate surface area is 328 Å². The summed E-state index contributed by atoms with van der Waals surface area (Å²) < 4.78 is 65.2. The quantitative estimate of drug-likeness (QED) is 0.0385. The van der Waals surface area contributed by atoms with Crippen LogP contribution in [0.25, 0.3) is 0 Å². The van der Waals surface area contributed by atoms with Gasteiger partial charge in [-0.05, 0) is 6.42 Å². The van der Waals surface area contributed by atoms with Gasteiger partial charge in [-0.2, -0.15) is 0 Å². The monoisotopic (exact) mass is 781 g/mol. The van der Waals surface area contributed by atoms with Crippen molar-refractivity contribution in [1.29, 1.82) is 0 Å². The predicted octanol–water partition coefficient (Wildman–Crippen LogP) is 6.38. The lowest BCUT2D eigenvalue weighted by Crippen LogP contribution is -2.15. The topological polar surface area (TPSA) is 128 Å². The molecule has 322 valence electrons. The van der Waals surface area contributed by atoms with Gasteiger partial charge >= 0.3 is 5.97 Å². The average Bonchev–Trinajstić information content (AvgIpc) is 3.18. The van der Waals surface area contributed by atoms with Gasteiger partial charge in [-0.1, -0.05) is 90.0 Å². The number of esters is 1. The summed E-state index contributed by atoms with van der Waals surface area (Å²) in [6.45, 7) is 17.2. The van der Waals surface area contributed by atoms with Crippen LogP contribution in [0.3, 0.4) is 0 Å². The Balaban J connectivity index is 3.12. The summed E-state index contributed by atoms with van der Waals surface area (Å²) in [6.07, 6.45) is 19.0. The first-order valence-electron chi connectivity index (χ1n) is 20.9. The molecule has 0 aromatic carbocycles. The van der Waals surface area contributed by atoms with E-state index in [1.807, 2.05) is 0 Å². The molecule has 0 aliphatic carbocycles. The molecule has 0 unspecified atom stereocenters. The summed E-state index contributed by atoms with van der Waals surface area (Å²) in [7, 11) is 0. The molecule has 0 radical (unpaired) electrons. The van der Waals surface area contributed by atoms with Gasteiger partial charge < -0.3 is 56.8 Å². The maximum absolute atomic E-state index is 11.9. The first-order valence-corrected chi connectivity index (χ1v) is 20.9. The summed E-state index contributed by atoms with van der Waals surface area (Å²) in [5.41, 5.74) is 0. The molecule has 0 atom stereocenters. The highest BCUT2D eigenvalue weighted by molar-refractivity contribution is 5.69. The summed E-state index contributed by atoms with van der Waals surface area (Å²) >= 11 is 0. The molecule has 0 saturated heterocycles. The average molecular weight is 781 g/mol. The van der Waals surface area contributed by atoms with Crippen molar-refractivity contribution in [3.05, 3.63) is 12.7 Å². The summed E-state index contributed by atoms with van der Waals surface area (Å²) in [5, 5.41) is 0. The van der Waals surface area contributed by atoms with Crippen LogP contribution in [0.2, 0.25) is 0 Å². The van der Waals surface area contributed by atoms with Crippen LogP contribution in [0.1, 0.15) is 96.8 Å². The lowest BCUT2D eigenvalue weighted by atomic mass is 10.0. The molecular weight excluding hydrogens is 700 g/mol. The molecule has 0 amide bonds. The molecule has 0 heterocycles. The Morgan fingerprint density at radius 1 is 0.352 bits per heavy atom. The van der Waals surface area contributed by atoms with E-state index in [-0.39, 0.29) is 12.6 Å². The highest BCUT2D eigenvalue weighted by Crippen LogP contribution is 2.13. The molecule has 0 bridgehead atoms. The molecular formula is C41H80O13. The minimum atomic E-state index is -0.132. The van der Waals surface area contributed by atoms with E-state index in [2.05, 4.69) is 13.5 Å². The summed E-state index contributed by atoms with van der Waals surface area (Å²) in [6, 6.07) is 0. The highest BCUT2D eigenvalue weighted by Gasteiger charge is 2.03. The van der Waals surface area contributed by atoms with Crippen molar-refractivity contribution in [3.63, 3.8) is 0 Å². The standard InChI is InChI=1S/C41H80O13/c1-3-5-6-7-8-9-10-11-12-13-14-15-16-17-41(42)54-40-39-53-38-37-52-36-35-51-34-33-50-32-31-49-30-29-48-28-27-47-26-25-46-24-23-45-22-21-44-20-19-43-18-4-2/h4H,2-3,5-40H2,1H3. The Morgan fingerprint density at radius 3 is 0.870 bits per heavy atom. The second kappa shape index (κ2) is 49.8. The van der Waals surface area contributed by atoms with Gasteiger partial charge in [-0.15, -0.1) is 6.58 Å². The van der Waals surface area contributed by atoms with Crippen LogP contribution < -0.4 is 0 Å². The van der Waals surface area contributed by atoms with Crippen LogP contribution in [0.15, 0.2) is 12.7 Å². The van der Waals surface area contributed by atoms with E-state index in [4.69, 9.17) is 56.8 Å². The van der Waals surface area contributed by atoms with E-state index in [0.717, 1.165) is 12.8 Å². The fraction of sp³-hybridized carbons (Fsp3) is 0.927. The highest BCUT2D eigenvalue weighted by atomic mass is 16.6. The van der Waals surface area contributed by atoms with Crippen LogP contribution in [0, 0.1) is 0 Å². The third-order valence-electron chi connectivity index (χ3n) is 7.93. The predicted molar refractivity (Wildman–Crippen MR) is 210 cm³/mol. The van der Waals surface area contributed by atoms with E-state index in [0.29, 0.717) is 152 Å². The fourth-order valence-corrected chi connectivity index (χ4v) is 4.94. The van der Waals surface area contributed by atoms with Crippen molar-refractivity contribution in [2.45, 2.75) is 96.8 Å². The molecule has 0 rings (SSSR count). The van der Waals surface area contributed by atoms with Gasteiger partial charge in [-0.3, -0.25) is 4.79 Å². The van der Waals surface area contributed by atoms with Crippen LogP contribution in [0.4, 0.5) is 0 Å². The van der Waals surface area contributed by atoms with Crippen molar-refractivity contribution in [1.82, 2.24) is 0 Å². The normalized spacial score (nSPS) is 11.4. The first-order chi connectivity index (χ1) is 26.8. The molecule has 13 nitrogen and oxygen atoms in total. The van der Waals surface area contributed by atoms with Gasteiger partial charge in [0.25, 0.3) is 0 Å². The molecule has 0 fully saturated rings. The zero-order valence-corrected chi connectivity index (χ0v) is 34.3. The third kappa shape index (κ3) is 48.8. The van der Waals surface area contributed by atoms with Gasteiger partial charge in [-0.25, -0.2) is 0 Å². The molecule has 0 spiro atoms. The largest absolute Gasteiger partial charge is 0.463 e. The van der Waals surface area contributed by atoms with Crippen LogP contribution in [-0.2, 0) is 61.6 Å². The Morgan fingerprint density at radius 2 is 0.593 bits per heavy atom. The minimum Gasteiger partial charge on any atom is -0.463 e. The number of rotatable bonds is 49. The molecule has 0 N–H and O–H groups in total. The van der Waals surface area contributed by atoms with Crippen molar-refractivity contribution >= 4 is 5.97 Å². The van der Waals surface area contributed by atoms with Crippen LogP contribution in [0.5, 0.6) is 0 Å². The van der Waals surface area contributed by atoms with Crippen molar-refractivity contribution in [2.75, 3.05) is 152 Å². The molecule has 54 heavy (non-hydrogen) atoms. The third-order valence-corrected chi connectivity index (χ3v) is 7.93. The van der Waals surface area contributed by atoms with E-state index in [1.54, 1.807) is 6.08 Å². The number of carbonyl (C=O) groups is 1. The Bertz CT molecular complexity index is 717. The van der Waals surface area contributed by atoms with Gasteiger partial charge in [0.15, 0.2) is 0 Å². The van der Waals surface area contributed by atoms with Crippen molar-refractivity contribution in [3.8, 4) is 0 Å². The molecule has 0 aromatic rings. The van der Waals surface area contributed by atoms with Gasteiger partial charge in [0.1, 0.15) is 6.61 Å². The molecule has 0 aliphatic heterocycles. The molecule has 0 saturated carbocycles. The van der Waals surface area contributed by atoms with Gasteiger partial charge in [0, 0.05) is 6.42 Å². The van der Waals surface area contributed by atoms with E-state index >= 15 is 0 Å². The Hall–Kier alpha value is -1.23. The van der Waals surface area contributed by atoms with Crippen molar-refractivity contribution in [2.24, 2.45) is 0 Å². The zero-order chi connectivity index (χ0) is 38.9. The fourth-order valence-electron chi connectivity index (χ4n) is 4.94. The summed E-state index contributed by atoms with van der Waals surface area (Å²) in [5.74, 6) is -0.132. The number of hydrogen-bond donors (Lipinski definition) is 0. The van der Waals surface area contributed by atoms with Crippen LogP contribution in [-0.4, -0.2) is 158 Å². The van der Waals surface area contributed by atoms with E-state index in [9.17, 15) is 4.79 Å². The minimum absolute atomic E-state index is 0.132. The number of hydrogen-bond acceptors (Lipinski definition) is 13. The SMILES string of the molecule is C=CCOCCOCCOCCOCCOCCOCCOCCOCCOCCOCCOCCOC(=O)CCCCCCCCCCCCCCC. The van der Waals surface area contributed by atoms with E-state index in [1.165, 1.54) is 70.6 Å².